The number of aryl methyl sites for hydroxylation is 1. The third-order valence-corrected chi connectivity index (χ3v) is 4.78. The third-order valence-electron chi connectivity index (χ3n) is 3.87. The number of primary amides is 1. The summed E-state index contributed by atoms with van der Waals surface area (Å²) in [6.07, 6.45) is 1.64. The molecule has 3 rings (SSSR count). The lowest BCUT2D eigenvalue weighted by molar-refractivity contribution is -0.123. The molecule has 2 N–H and O–H groups in total. The molecule has 1 heterocycles. The van der Waals surface area contributed by atoms with Gasteiger partial charge in [-0.1, -0.05) is 42.0 Å². The molecule has 0 saturated carbocycles. The molecule has 0 aliphatic carbocycles. The van der Waals surface area contributed by atoms with Crippen LogP contribution < -0.4 is 10.5 Å². The van der Waals surface area contributed by atoms with Crippen molar-refractivity contribution in [3.63, 3.8) is 0 Å². The average molecular weight is 382 g/mol. The first kappa shape index (κ1) is 18.7. The first-order valence-electron chi connectivity index (χ1n) is 8.24. The fourth-order valence-electron chi connectivity index (χ4n) is 2.51. The van der Waals surface area contributed by atoms with E-state index in [1.54, 1.807) is 30.3 Å². The molecule has 0 unspecified atom stereocenters. The third kappa shape index (κ3) is 4.77. The van der Waals surface area contributed by atoms with Crippen molar-refractivity contribution in [1.29, 1.82) is 0 Å². The Morgan fingerprint density at radius 1 is 1.19 bits per heavy atom. The van der Waals surface area contributed by atoms with Gasteiger partial charge in [0.25, 0.3) is 17.1 Å². The van der Waals surface area contributed by atoms with Crippen molar-refractivity contribution in [2.45, 2.75) is 13.5 Å². The number of rotatable bonds is 6. The van der Waals surface area contributed by atoms with E-state index in [2.05, 4.69) is 0 Å². The topological polar surface area (TPSA) is 89.7 Å². The maximum absolute atomic E-state index is 12.6. The predicted molar refractivity (Wildman–Crippen MR) is 104 cm³/mol. The molecule has 27 heavy (non-hydrogen) atoms. The van der Waals surface area contributed by atoms with Crippen molar-refractivity contribution in [3.8, 4) is 5.75 Å². The second-order valence-electron chi connectivity index (χ2n) is 6.08. The van der Waals surface area contributed by atoms with Crippen LogP contribution in [0, 0.1) is 6.92 Å². The van der Waals surface area contributed by atoms with E-state index in [0.29, 0.717) is 16.2 Å². The molecule has 0 radical (unpaired) electrons. The number of benzene rings is 2. The van der Waals surface area contributed by atoms with Crippen molar-refractivity contribution < 1.29 is 19.1 Å². The molecule has 6 nitrogen and oxygen atoms in total. The summed E-state index contributed by atoms with van der Waals surface area (Å²) < 4.78 is 5.26. The average Bonchev–Trinajstić information content (AvgIpc) is 2.89. The van der Waals surface area contributed by atoms with Crippen LogP contribution in [-0.4, -0.2) is 28.6 Å². The van der Waals surface area contributed by atoms with E-state index in [9.17, 15) is 14.4 Å². The number of amides is 3. The summed E-state index contributed by atoms with van der Waals surface area (Å²) >= 11 is 0.907. The van der Waals surface area contributed by atoms with Crippen LogP contribution in [0.3, 0.4) is 0 Å². The Morgan fingerprint density at radius 2 is 1.93 bits per heavy atom. The van der Waals surface area contributed by atoms with Crippen LogP contribution in [0.5, 0.6) is 5.75 Å². The Labute approximate surface area is 161 Å². The maximum atomic E-state index is 12.6. The molecule has 0 aromatic heterocycles. The lowest BCUT2D eigenvalue weighted by Gasteiger charge is -2.12. The number of carbonyl (C=O) groups is 3. The van der Waals surface area contributed by atoms with E-state index in [0.717, 1.165) is 22.9 Å². The number of hydrogen-bond acceptors (Lipinski definition) is 5. The van der Waals surface area contributed by atoms with Crippen LogP contribution in [0.2, 0.25) is 0 Å². The highest BCUT2D eigenvalue weighted by Crippen LogP contribution is 2.33. The van der Waals surface area contributed by atoms with E-state index >= 15 is 0 Å². The normalized spacial score (nSPS) is 15.4. The van der Waals surface area contributed by atoms with E-state index in [1.807, 2.05) is 31.2 Å². The molecule has 0 spiro atoms. The molecule has 1 saturated heterocycles. The Balaban J connectivity index is 1.75. The largest absolute Gasteiger partial charge is 0.484 e. The Hall–Kier alpha value is -3.06. The highest BCUT2D eigenvalue weighted by atomic mass is 32.2. The highest BCUT2D eigenvalue weighted by molar-refractivity contribution is 8.18. The predicted octanol–water partition coefficient (Wildman–Crippen LogP) is 3.10. The van der Waals surface area contributed by atoms with Crippen LogP contribution in [0.1, 0.15) is 16.7 Å². The van der Waals surface area contributed by atoms with Crippen molar-refractivity contribution >= 4 is 34.9 Å². The Morgan fingerprint density at radius 3 is 2.63 bits per heavy atom. The number of nitrogens with two attached hydrogens (primary N) is 1. The van der Waals surface area contributed by atoms with Crippen LogP contribution in [0.15, 0.2) is 53.4 Å². The summed E-state index contributed by atoms with van der Waals surface area (Å²) in [5.74, 6) is -0.437. The molecule has 0 atom stereocenters. The molecule has 0 bridgehead atoms. The Bertz CT molecular complexity index is 922. The van der Waals surface area contributed by atoms with Crippen LogP contribution in [0.4, 0.5) is 4.79 Å². The van der Waals surface area contributed by atoms with Gasteiger partial charge in [-0.2, -0.15) is 0 Å². The van der Waals surface area contributed by atoms with Crippen LogP contribution in [-0.2, 0) is 16.1 Å². The minimum Gasteiger partial charge on any atom is -0.484 e. The van der Waals surface area contributed by atoms with Crippen molar-refractivity contribution in [2.75, 3.05) is 6.61 Å². The van der Waals surface area contributed by atoms with Gasteiger partial charge < -0.3 is 10.5 Å². The van der Waals surface area contributed by atoms with Crippen LogP contribution in [0.25, 0.3) is 6.08 Å². The summed E-state index contributed by atoms with van der Waals surface area (Å²) in [5.41, 5.74) is 7.77. The van der Waals surface area contributed by atoms with Gasteiger partial charge in [0.1, 0.15) is 5.75 Å². The minimum atomic E-state index is -0.572. The summed E-state index contributed by atoms with van der Waals surface area (Å²) in [5, 5.41) is -0.298. The smallest absolute Gasteiger partial charge is 0.293 e. The zero-order valence-electron chi connectivity index (χ0n) is 14.7. The first-order chi connectivity index (χ1) is 12.9. The summed E-state index contributed by atoms with van der Waals surface area (Å²) in [4.78, 5) is 37.3. The number of imide groups is 1. The molecule has 1 fully saturated rings. The lowest BCUT2D eigenvalue weighted by atomic mass is 10.1. The van der Waals surface area contributed by atoms with Gasteiger partial charge in [0.15, 0.2) is 6.61 Å². The van der Waals surface area contributed by atoms with E-state index < -0.39 is 5.91 Å². The van der Waals surface area contributed by atoms with Gasteiger partial charge in [-0.25, -0.2) is 0 Å². The van der Waals surface area contributed by atoms with Crippen molar-refractivity contribution in [2.24, 2.45) is 5.73 Å². The van der Waals surface area contributed by atoms with Gasteiger partial charge in [0.2, 0.25) is 0 Å². The maximum Gasteiger partial charge on any atom is 0.293 e. The molecule has 138 valence electrons. The molecule has 7 heteroatoms. The van der Waals surface area contributed by atoms with E-state index in [-0.39, 0.29) is 24.3 Å². The van der Waals surface area contributed by atoms with Gasteiger partial charge in [0.05, 0.1) is 11.4 Å². The Kier molecular flexibility index (Phi) is 5.61. The molecule has 1 aliphatic heterocycles. The second-order valence-corrected chi connectivity index (χ2v) is 7.07. The zero-order chi connectivity index (χ0) is 19.4. The lowest BCUT2D eigenvalue weighted by Crippen LogP contribution is -2.27. The highest BCUT2D eigenvalue weighted by Gasteiger charge is 2.34. The van der Waals surface area contributed by atoms with Crippen LogP contribution >= 0.6 is 11.8 Å². The van der Waals surface area contributed by atoms with Gasteiger partial charge >= 0.3 is 0 Å². The van der Waals surface area contributed by atoms with Gasteiger partial charge in [-0.3, -0.25) is 19.3 Å². The quantitative estimate of drug-likeness (QED) is 0.776. The van der Waals surface area contributed by atoms with E-state index in [1.165, 1.54) is 4.90 Å². The fraction of sp³-hybridized carbons (Fsp3) is 0.150. The van der Waals surface area contributed by atoms with Crippen molar-refractivity contribution in [1.82, 2.24) is 4.90 Å². The zero-order valence-corrected chi connectivity index (χ0v) is 15.5. The number of hydrogen-bond donors (Lipinski definition) is 1. The SMILES string of the molecule is Cc1ccc(CN2C(=O)S/C(=C\c3cccc(OCC(N)=O)c3)C2=O)cc1. The first-order valence-corrected chi connectivity index (χ1v) is 9.06. The molecule has 2 aromatic rings. The summed E-state index contributed by atoms with van der Waals surface area (Å²) in [6, 6.07) is 14.6. The summed E-state index contributed by atoms with van der Waals surface area (Å²) in [7, 11) is 0. The molecule has 1 aliphatic rings. The standard InChI is InChI=1S/C20H18N2O4S/c1-13-5-7-14(8-6-13)11-22-19(24)17(27-20(22)25)10-15-3-2-4-16(9-15)26-12-18(21)23/h2-10H,11-12H2,1H3,(H2,21,23)/b17-10-. The second kappa shape index (κ2) is 8.09. The van der Waals surface area contributed by atoms with Gasteiger partial charge in [0, 0.05) is 0 Å². The number of nitrogens with zero attached hydrogens (tertiary/aromatic N) is 1. The number of carbonyl (C=O) groups excluding carboxylic acids is 3. The van der Waals surface area contributed by atoms with Crippen molar-refractivity contribution in [3.05, 3.63) is 70.1 Å². The molecule has 3 amide bonds. The monoisotopic (exact) mass is 382 g/mol. The summed E-state index contributed by atoms with van der Waals surface area (Å²) in [6.45, 7) is 1.99. The molecular formula is C20H18N2O4S. The van der Waals surface area contributed by atoms with E-state index in [4.69, 9.17) is 10.5 Å². The van der Waals surface area contributed by atoms with Gasteiger partial charge in [-0.05, 0) is 48.0 Å². The molecule has 2 aromatic carbocycles. The van der Waals surface area contributed by atoms with Gasteiger partial charge in [-0.15, -0.1) is 0 Å². The number of thioether (sulfide) groups is 1. The minimum absolute atomic E-state index is 0.226. The number of ether oxygens (including phenoxy) is 1. The molecular weight excluding hydrogens is 364 g/mol. The fourth-order valence-corrected chi connectivity index (χ4v) is 3.35.